The Morgan fingerprint density at radius 2 is 1.57 bits per heavy atom. The first-order chi connectivity index (χ1) is 3.18. The van der Waals surface area contributed by atoms with Gasteiger partial charge in [0.05, 0.1) is 0 Å². The summed E-state index contributed by atoms with van der Waals surface area (Å²) in [5.74, 6) is 0. The number of alkyl halides is 3. The Hall–Kier alpha value is 1.51. The van der Waals surface area contributed by atoms with Crippen LogP contribution in [0.3, 0.4) is 0 Å². The Bertz CT molecular complexity index is 47.0. The van der Waals surface area contributed by atoms with E-state index in [0.717, 1.165) is 11.0 Å². The summed E-state index contributed by atoms with van der Waals surface area (Å²) in [6.07, 6.45) is 0. The van der Waals surface area contributed by atoms with Gasteiger partial charge in [-0.1, -0.05) is 0 Å². The van der Waals surface area contributed by atoms with Crippen LogP contribution in [0.25, 0.3) is 0 Å². The summed E-state index contributed by atoms with van der Waals surface area (Å²) in [7, 11) is 6.07. The highest BCUT2D eigenvalue weighted by atomic mass is 35.7. The second-order valence-electron chi connectivity index (χ2n) is 0.775. The van der Waals surface area contributed by atoms with E-state index in [4.69, 9.17) is 45.5 Å². The molecule has 0 aromatic heterocycles. The molecule has 0 heterocycles. The first-order valence-electron chi connectivity index (χ1n) is 1.38. The van der Waals surface area contributed by atoms with Crippen molar-refractivity contribution in [1.82, 2.24) is 0 Å². The molecule has 0 saturated heterocycles. The number of hydrogen-bond donors (Lipinski definition) is 0. The first-order valence-corrected chi connectivity index (χ1v) is 4.39. The molecular weight excluding hydrogens is 198 g/mol. The van der Waals surface area contributed by atoms with Crippen LogP contribution >= 0.6 is 56.5 Å². The lowest BCUT2D eigenvalue weighted by Crippen LogP contribution is -1.99. The molecule has 0 nitrogen and oxygen atoms in total. The summed E-state index contributed by atoms with van der Waals surface area (Å²) >= 11 is 15.9. The zero-order valence-corrected chi connectivity index (χ0v) is 6.92. The molecule has 7 heavy (non-hydrogen) atoms. The molecule has 44 valence electrons. The van der Waals surface area contributed by atoms with E-state index in [1.165, 1.54) is 0 Å². The minimum Gasteiger partial charge on any atom is -0.107 e. The molecule has 0 aromatic rings. The van der Waals surface area contributed by atoms with E-state index in [1.807, 2.05) is 0 Å². The quantitative estimate of drug-likeness (QED) is 0.616. The summed E-state index contributed by atoms with van der Waals surface area (Å²) in [5.41, 5.74) is 0. The van der Waals surface area contributed by atoms with Crippen LogP contribution in [0, 0.1) is 0 Å². The molecule has 1 unspecified atom stereocenters. The maximum absolute atomic E-state index is 5.37. The molecule has 0 radical (unpaired) electrons. The van der Waals surface area contributed by atoms with Crippen molar-refractivity contribution in [3.8, 4) is 0 Å². The minimum absolute atomic E-state index is 0.412. The molecule has 0 N–H and O–H groups in total. The third kappa shape index (κ3) is 4.04. The summed E-state index contributed by atoms with van der Waals surface area (Å²) in [5, 5.41) is 0. The smallest absolute Gasteiger partial charge is 0.107 e. The Balaban J connectivity index is 3.14. The highest BCUT2D eigenvalue weighted by molar-refractivity contribution is 8.22. The highest BCUT2D eigenvalue weighted by Crippen LogP contribution is 2.27. The van der Waals surface area contributed by atoms with E-state index >= 15 is 0 Å². The van der Waals surface area contributed by atoms with Gasteiger partial charge in [-0.25, -0.2) is 0 Å². The van der Waals surface area contributed by atoms with Crippen LogP contribution in [0.15, 0.2) is 0 Å². The maximum atomic E-state index is 5.37. The average molecular weight is 200 g/mol. The summed E-state index contributed by atoms with van der Waals surface area (Å²) in [4.78, 5) is -0.593. The molecule has 0 aliphatic carbocycles. The van der Waals surface area contributed by atoms with Gasteiger partial charge >= 0.3 is 0 Å². The zero-order valence-electron chi connectivity index (χ0n) is 3.07. The summed E-state index contributed by atoms with van der Waals surface area (Å²) < 4.78 is -0.412. The topological polar surface area (TPSA) is 0 Å². The van der Waals surface area contributed by atoms with Gasteiger partial charge in [0, 0.05) is 0 Å². The van der Waals surface area contributed by atoms with Gasteiger partial charge in [0.25, 0.3) is 0 Å². The molecule has 0 rings (SSSR count). The SMILES string of the molecule is ClSC(Cl)C(Cl)Cl. The van der Waals surface area contributed by atoms with Crippen molar-refractivity contribution in [2.75, 3.05) is 0 Å². The van der Waals surface area contributed by atoms with Crippen LogP contribution in [0.2, 0.25) is 0 Å². The fourth-order valence-corrected chi connectivity index (χ4v) is 1.05. The molecule has 0 bridgehead atoms. The van der Waals surface area contributed by atoms with Crippen LogP contribution < -0.4 is 0 Å². The van der Waals surface area contributed by atoms with Crippen molar-refractivity contribution in [2.24, 2.45) is 0 Å². The van der Waals surface area contributed by atoms with Gasteiger partial charge < -0.3 is 0 Å². The fourth-order valence-electron chi connectivity index (χ4n) is 0.0389. The summed E-state index contributed by atoms with van der Waals surface area (Å²) in [6.45, 7) is 0. The van der Waals surface area contributed by atoms with Crippen molar-refractivity contribution in [3.63, 3.8) is 0 Å². The fraction of sp³-hybridized carbons (Fsp3) is 1.00. The van der Waals surface area contributed by atoms with Gasteiger partial charge in [0.15, 0.2) is 0 Å². The van der Waals surface area contributed by atoms with E-state index in [1.54, 1.807) is 0 Å². The molecular formula is C2H2Cl4S. The molecule has 0 amide bonds. The second-order valence-corrected chi connectivity index (χ2v) is 3.89. The largest absolute Gasteiger partial charge is 0.134 e. The van der Waals surface area contributed by atoms with Crippen LogP contribution in [0.4, 0.5) is 0 Å². The van der Waals surface area contributed by atoms with Gasteiger partial charge in [-0.2, -0.15) is 0 Å². The molecule has 0 spiro atoms. The molecule has 0 aliphatic rings. The lowest BCUT2D eigenvalue weighted by Gasteiger charge is -2.00. The standard InChI is InChI=1S/C2H2Cl4S/c3-1(4)2(5)7-6/h1-2H. The van der Waals surface area contributed by atoms with E-state index in [9.17, 15) is 0 Å². The monoisotopic (exact) mass is 198 g/mol. The van der Waals surface area contributed by atoms with Gasteiger partial charge in [-0.05, 0) is 21.7 Å². The molecule has 1 atom stereocenters. The summed E-state index contributed by atoms with van der Waals surface area (Å²) in [6, 6.07) is 0. The number of rotatable bonds is 2. The predicted molar refractivity (Wildman–Crippen MR) is 38.6 cm³/mol. The van der Waals surface area contributed by atoms with Crippen LogP contribution in [-0.4, -0.2) is 9.55 Å². The number of halogens is 4. The minimum atomic E-state index is -0.593. The Labute approximate surface area is 65.9 Å². The Morgan fingerprint density at radius 1 is 1.14 bits per heavy atom. The van der Waals surface area contributed by atoms with Gasteiger partial charge in [-0.15, -0.1) is 34.8 Å². The van der Waals surface area contributed by atoms with Crippen molar-refractivity contribution in [1.29, 1.82) is 0 Å². The van der Waals surface area contributed by atoms with Crippen molar-refractivity contribution < 1.29 is 0 Å². The van der Waals surface area contributed by atoms with Gasteiger partial charge in [0.1, 0.15) is 9.55 Å². The zero-order chi connectivity index (χ0) is 5.86. The second kappa shape index (κ2) is 4.39. The average Bonchev–Trinajstić information content (AvgIpc) is 1.65. The van der Waals surface area contributed by atoms with E-state index in [-0.39, 0.29) is 0 Å². The van der Waals surface area contributed by atoms with Crippen LogP contribution in [-0.2, 0) is 0 Å². The third-order valence-corrected chi connectivity index (χ3v) is 3.16. The van der Waals surface area contributed by atoms with Crippen LogP contribution in [0.5, 0.6) is 0 Å². The highest BCUT2D eigenvalue weighted by Gasteiger charge is 2.11. The van der Waals surface area contributed by atoms with Gasteiger partial charge in [-0.3, -0.25) is 0 Å². The van der Waals surface area contributed by atoms with E-state index < -0.39 is 9.55 Å². The first kappa shape index (κ1) is 8.51. The molecule has 0 saturated carbocycles. The molecule has 0 fully saturated rings. The normalized spacial score (nSPS) is 15.0. The Morgan fingerprint density at radius 3 is 1.57 bits per heavy atom. The lowest BCUT2D eigenvalue weighted by molar-refractivity contribution is 1.32. The van der Waals surface area contributed by atoms with E-state index in [2.05, 4.69) is 0 Å². The Kier molecular flexibility index (Phi) is 5.34. The number of hydrogen-bond acceptors (Lipinski definition) is 1. The predicted octanol–water partition coefficient (Wildman–Crippen LogP) is 3.24. The third-order valence-electron chi connectivity index (χ3n) is 0.283. The molecule has 0 aliphatic heterocycles. The van der Waals surface area contributed by atoms with Crippen molar-refractivity contribution >= 4 is 56.5 Å². The van der Waals surface area contributed by atoms with Crippen molar-refractivity contribution in [3.05, 3.63) is 0 Å². The maximum Gasteiger partial charge on any atom is 0.134 e. The molecule has 5 heteroatoms. The van der Waals surface area contributed by atoms with Crippen molar-refractivity contribution in [2.45, 2.75) is 9.55 Å². The van der Waals surface area contributed by atoms with E-state index in [0.29, 0.717) is 0 Å². The lowest BCUT2D eigenvalue weighted by atomic mass is 10.9. The van der Waals surface area contributed by atoms with Crippen LogP contribution in [0.1, 0.15) is 0 Å². The van der Waals surface area contributed by atoms with Gasteiger partial charge in [0.2, 0.25) is 0 Å². The molecule has 0 aromatic carbocycles.